The average Bonchev–Trinajstić information content (AvgIpc) is 3.61. The summed E-state index contributed by atoms with van der Waals surface area (Å²) >= 11 is 6.08. The fourth-order valence-corrected chi connectivity index (χ4v) is 4.80. The molecule has 11 nitrogen and oxygen atoms in total. The van der Waals surface area contributed by atoms with Crippen molar-refractivity contribution >= 4 is 40.7 Å². The molecule has 0 spiro atoms. The molecule has 0 N–H and O–H groups in total. The van der Waals surface area contributed by atoms with Gasteiger partial charge in [0, 0.05) is 0 Å². The molecule has 5 aromatic rings. The Bertz CT molecular complexity index is 1750. The van der Waals surface area contributed by atoms with Crippen LogP contribution >= 0.6 is 11.6 Å². The van der Waals surface area contributed by atoms with Crippen LogP contribution < -0.4 is 0 Å². The predicted octanol–water partition coefficient (Wildman–Crippen LogP) is 4.69. The lowest BCUT2D eigenvalue weighted by molar-refractivity contribution is -0.0606. The first-order valence-electron chi connectivity index (χ1n) is 13.2. The van der Waals surface area contributed by atoms with Crippen LogP contribution in [-0.4, -0.2) is 62.3 Å². The summed E-state index contributed by atoms with van der Waals surface area (Å²) in [7, 11) is 0. The van der Waals surface area contributed by atoms with E-state index in [1.165, 1.54) is 17.1 Å². The molecule has 4 atom stereocenters. The van der Waals surface area contributed by atoms with Gasteiger partial charge < -0.3 is 18.9 Å². The normalized spacial score (nSPS) is 19.6. The number of aromatic nitrogens is 4. The van der Waals surface area contributed by atoms with Crippen LogP contribution in [-0.2, 0) is 18.9 Å². The molecule has 216 valence electrons. The number of rotatable bonds is 8. The minimum absolute atomic E-state index is 0.0366. The number of ether oxygens (including phenoxy) is 4. The standard InChI is InChI=1S/C31H23ClN4O7/c32-31-33-16-22-26(35-31)36(18-34-22)27-25(43-30(39)21-14-8-3-9-15-21)24(42-29(38)20-12-6-2-7-13-20)23(41-27)17-40-28(37)19-10-4-1-5-11-19/h1-16,18,23-25,27H,17H2/t23-,24-,25-,27-/m1/s1. The Morgan fingerprint density at radius 2 is 1.28 bits per heavy atom. The summed E-state index contributed by atoms with van der Waals surface area (Å²) in [4.78, 5) is 51.9. The van der Waals surface area contributed by atoms with Crippen LogP contribution in [0.1, 0.15) is 37.3 Å². The number of hydrogen-bond acceptors (Lipinski definition) is 10. The van der Waals surface area contributed by atoms with E-state index >= 15 is 0 Å². The predicted molar refractivity (Wildman–Crippen MR) is 152 cm³/mol. The van der Waals surface area contributed by atoms with Crippen LogP contribution in [0.5, 0.6) is 0 Å². The van der Waals surface area contributed by atoms with Crippen LogP contribution in [0.25, 0.3) is 11.2 Å². The maximum Gasteiger partial charge on any atom is 0.338 e. The molecule has 6 rings (SSSR count). The highest BCUT2D eigenvalue weighted by Gasteiger charge is 2.51. The Morgan fingerprint density at radius 3 is 1.86 bits per heavy atom. The summed E-state index contributed by atoms with van der Waals surface area (Å²) in [6.45, 7) is -0.321. The maximum absolute atomic E-state index is 13.3. The van der Waals surface area contributed by atoms with Crippen LogP contribution in [0.3, 0.4) is 0 Å². The lowest BCUT2D eigenvalue weighted by atomic mass is 10.1. The van der Waals surface area contributed by atoms with Gasteiger partial charge in [0.25, 0.3) is 0 Å². The van der Waals surface area contributed by atoms with Crippen LogP contribution in [0.15, 0.2) is 104 Å². The third-order valence-electron chi connectivity index (χ3n) is 6.74. The van der Waals surface area contributed by atoms with E-state index in [1.807, 2.05) is 0 Å². The summed E-state index contributed by atoms with van der Waals surface area (Å²) in [5.41, 5.74) is 1.56. The second-order valence-corrected chi connectivity index (χ2v) is 9.84. The Hall–Kier alpha value is -5.13. The molecule has 1 fully saturated rings. The van der Waals surface area contributed by atoms with Gasteiger partial charge in [-0.05, 0) is 48.0 Å². The van der Waals surface area contributed by atoms with Gasteiger partial charge in [-0.1, -0.05) is 54.6 Å². The van der Waals surface area contributed by atoms with E-state index in [9.17, 15) is 14.4 Å². The molecule has 43 heavy (non-hydrogen) atoms. The summed E-state index contributed by atoms with van der Waals surface area (Å²) < 4.78 is 25.3. The minimum Gasteiger partial charge on any atom is -0.459 e. The first-order valence-corrected chi connectivity index (χ1v) is 13.6. The third kappa shape index (κ3) is 6.08. The van der Waals surface area contributed by atoms with Crippen molar-refractivity contribution in [3.05, 3.63) is 125 Å². The molecular weight excluding hydrogens is 576 g/mol. The van der Waals surface area contributed by atoms with Gasteiger partial charge in [-0.15, -0.1) is 0 Å². The number of benzene rings is 3. The van der Waals surface area contributed by atoms with Crippen molar-refractivity contribution in [2.45, 2.75) is 24.5 Å². The van der Waals surface area contributed by atoms with Gasteiger partial charge in [0.1, 0.15) is 18.2 Å². The first-order chi connectivity index (χ1) is 21.0. The zero-order valence-corrected chi connectivity index (χ0v) is 23.1. The van der Waals surface area contributed by atoms with Crippen molar-refractivity contribution in [2.75, 3.05) is 6.61 Å². The zero-order chi connectivity index (χ0) is 29.8. The van der Waals surface area contributed by atoms with Crippen molar-refractivity contribution in [1.29, 1.82) is 0 Å². The van der Waals surface area contributed by atoms with Crippen molar-refractivity contribution in [1.82, 2.24) is 19.5 Å². The first kappa shape index (κ1) is 28.0. The topological polar surface area (TPSA) is 132 Å². The van der Waals surface area contributed by atoms with Gasteiger partial charge in [0.15, 0.2) is 24.1 Å². The van der Waals surface area contributed by atoms with E-state index in [4.69, 9.17) is 30.5 Å². The molecule has 3 aromatic carbocycles. The Labute approximate surface area is 250 Å². The van der Waals surface area contributed by atoms with E-state index in [-0.39, 0.29) is 23.0 Å². The second-order valence-electron chi connectivity index (χ2n) is 9.50. The van der Waals surface area contributed by atoms with E-state index in [0.717, 1.165) is 0 Å². The van der Waals surface area contributed by atoms with E-state index < -0.39 is 42.4 Å². The highest BCUT2D eigenvalue weighted by molar-refractivity contribution is 6.28. The summed E-state index contributed by atoms with van der Waals surface area (Å²) in [5, 5.41) is -0.0366. The van der Waals surface area contributed by atoms with Crippen molar-refractivity contribution < 1.29 is 33.3 Å². The molecule has 0 bridgehead atoms. The van der Waals surface area contributed by atoms with Gasteiger partial charge in [0.2, 0.25) is 5.28 Å². The summed E-state index contributed by atoms with van der Waals surface area (Å²) in [6, 6.07) is 25.1. The molecule has 0 aliphatic carbocycles. The summed E-state index contributed by atoms with van der Waals surface area (Å²) in [5.74, 6) is -1.97. The molecule has 1 saturated heterocycles. The Morgan fingerprint density at radius 1 is 0.744 bits per heavy atom. The van der Waals surface area contributed by atoms with E-state index in [1.54, 1.807) is 91.0 Å². The van der Waals surface area contributed by atoms with Gasteiger partial charge in [-0.2, -0.15) is 4.98 Å². The maximum atomic E-state index is 13.3. The van der Waals surface area contributed by atoms with Gasteiger partial charge in [-0.3, -0.25) is 4.57 Å². The second kappa shape index (κ2) is 12.4. The number of esters is 3. The summed E-state index contributed by atoms with van der Waals surface area (Å²) in [6.07, 6.45) is -1.70. The SMILES string of the molecule is O=C(OC[C@H]1O[C@@H](n2cnc3cnc(Cl)nc32)[C@H](OC(=O)c2ccccc2)[C@@H]1OC(=O)c1ccccc1)c1ccccc1. The highest BCUT2D eigenvalue weighted by atomic mass is 35.5. The van der Waals surface area contributed by atoms with Gasteiger partial charge in [-0.25, -0.2) is 24.4 Å². The highest BCUT2D eigenvalue weighted by Crippen LogP contribution is 2.37. The zero-order valence-electron chi connectivity index (χ0n) is 22.4. The molecule has 1 aliphatic heterocycles. The average molecular weight is 599 g/mol. The Kier molecular flexibility index (Phi) is 8.07. The number of fused-ring (bicyclic) bond motifs is 1. The number of carbonyl (C=O) groups is 3. The number of imidazole rings is 1. The van der Waals surface area contributed by atoms with Crippen molar-refractivity contribution in [3.63, 3.8) is 0 Å². The molecule has 1 aliphatic rings. The number of hydrogen-bond donors (Lipinski definition) is 0. The van der Waals surface area contributed by atoms with Crippen LogP contribution in [0.4, 0.5) is 0 Å². The van der Waals surface area contributed by atoms with Crippen LogP contribution in [0, 0.1) is 0 Å². The fraction of sp³-hybridized carbons (Fsp3) is 0.161. The lowest BCUT2D eigenvalue weighted by Gasteiger charge is -2.25. The molecule has 0 radical (unpaired) electrons. The molecule has 0 amide bonds. The van der Waals surface area contributed by atoms with Crippen molar-refractivity contribution in [3.8, 4) is 0 Å². The fourth-order valence-electron chi connectivity index (χ4n) is 4.67. The van der Waals surface area contributed by atoms with Crippen LogP contribution in [0.2, 0.25) is 5.28 Å². The lowest BCUT2D eigenvalue weighted by Crippen LogP contribution is -2.41. The van der Waals surface area contributed by atoms with Crippen molar-refractivity contribution in [2.24, 2.45) is 0 Å². The largest absolute Gasteiger partial charge is 0.459 e. The number of nitrogens with zero attached hydrogens (tertiary/aromatic N) is 4. The number of carbonyl (C=O) groups excluding carboxylic acids is 3. The molecular formula is C31H23ClN4O7. The monoisotopic (exact) mass is 598 g/mol. The smallest absolute Gasteiger partial charge is 0.338 e. The van der Waals surface area contributed by atoms with Gasteiger partial charge >= 0.3 is 17.9 Å². The molecule has 12 heteroatoms. The number of halogens is 1. The van der Waals surface area contributed by atoms with E-state index in [2.05, 4.69) is 15.0 Å². The third-order valence-corrected chi connectivity index (χ3v) is 6.92. The quantitative estimate of drug-likeness (QED) is 0.141. The van der Waals surface area contributed by atoms with E-state index in [0.29, 0.717) is 16.7 Å². The molecule has 0 saturated carbocycles. The molecule has 2 aromatic heterocycles. The Balaban J connectivity index is 1.37. The molecule has 0 unspecified atom stereocenters. The van der Waals surface area contributed by atoms with Gasteiger partial charge in [0.05, 0.1) is 29.2 Å². The molecule has 3 heterocycles. The minimum atomic E-state index is -1.22.